The molecule has 3 N–H and O–H groups in total. The van der Waals surface area contributed by atoms with Crippen molar-refractivity contribution in [1.82, 2.24) is 35.0 Å². The van der Waals surface area contributed by atoms with Crippen molar-refractivity contribution in [2.24, 2.45) is 4.99 Å². The minimum absolute atomic E-state index is 0.0221. The summed E-state index contributed by atoms with van der Waals surface area (Å²) in [5.41, 5.74) is -0.251. The first-order valence-corrected chi connectivity index (χ1v) is 23.9. The molecule has 1 fully saturated rings. The van der Waals surface area contributed by atoms with E-state index in [0.29, 0.717) is 5.13 Å². The van der Waals surface area contributed by atoms with Crippen LogP contribution in [0.1, 0.15) is 138 Å². The minimum atomic E-state index is -1.10. The number of ether oxygens (including phenoxy) is 4. The number of alkyl carbamates (subject to hydrolysis) is 1. The van der Waals surface area contributed by atoms with E-state index in [-0.39, 0.29) is 73.6 Å². The highest BCUT2D eigenvalue weighted by atomic mass is 32.1. The van der Waals surface area contributed by atoms with Gasteiger partial charge in [0.15, 0.2) is 5.13 Å². The molecule has 0 spiro atoms. The van der Waals surface area contributed by atoms with Gasteiger partial charge in [0.05, 0.1) is 11.3 Å². The molecule has 384 valence electrons. The van der Waals surface area contributed by atoms with E-state index < -0.39 is 70.1 Å². The van der Waals surface area contributed by atoms with Crippen molar-refractivity contribution >= 4 is 76.4 Å². The molecule has 4 heterocycles. The maximum absolute atomic E-state index is 14.3. The Kier molecular flexibility index (Phi) is 18.0. The third-order valence-electron chi connectivity index (χ3n) is 9.49. The fourth-order valence-corrected chi connectivity index (χ4v) is 7.43. The standard InChI is InChI=1S/C48H70N10O11S/c1-44(2,3)33-28-70-40(51-33)53-37(60)30-20-22-58-34(27-30)52-36(31(38(58)61)18-19-35(59)66-45(4,5)6)55-23-25-56(26-24-55)39(62)32(50-42(64)68-47(10,11)12)17-16-21-57(54-43(65)69-48(13,14)15)29-49-41(63)67-46(7,8)9/h18-20,22,27-29,32H,16-17,21,23-26H2,1-15H3,(H,50,64)(H,54,65)(H,51,53,60)/b19-18+,49-29?. The minimum Gasteiger partial charge on any atom is -0.457 e. The van der Waals surface area contributed by atoms with Crippen LogP contribution in [0, 0.1) is 0 Å². The highest BCUT2D eigenvalue weighted by molar-refractivity contribution is 7.14. The van der Waals surface area contributed by atoms with E-state index in [1.165, 1.54) is 45.2 Å². The van der Waals surface area contributed by atoms with Crippen LogP contribution in [0.5, 0.6) is 0 Å². The average Bonchev–Trinajstić information content (AvgIpc) is 3.68. The zero-order valence-electron chi connectivity index (χ0n) is 43.1. The molecule has 0 bridgehead atoms. The zero-order chi connectivity index (χ0) is 52.6. The van der Waals surface area contributed by atoms with Crippen molar-refractivity contribution < 1.29 is 47.7 Å². The Hall–Kier alpha value is -6.58. The van der Waals surface area contributed by atoms with E-state index in [0.717, 1.165) is 18.1 Å². The van der Waals surface area contributed by atoms with Crippen molar-refractivity contribution in [3.05, 3.63) is 57.0 Å². The first-order valence-electron chi connectivity index (χ1n) is 23.0. The van der Waals surface area contributed by atoms with Gasteiger partial charge in [0.2, 0.25) is 5.91 Å². The van der Waals surface area contributed by atoms with Gasteiger partial charge in [0.1, 0.15) is 46.2 Å². The second kappa shape index (κ2) is 22.4. The van der Waals surface area contributed by atoms with Gasteiger partial charge in [-0.05, 0) is 114 Å². The lowest BCUT2D eigenvalue weighted by Gasteiger charge is -2.37. The van der Waals surface area contributed by atoms with Crippen molar-refractivity contribution in [3.8, 4) is 0 Å². The van der Waals surface area contributed by atoms with Gasteiger partial charge in [0, 0.05) is 61.4 Å². The molecular weight excluding hydrogens is 925 g/mol. The molecule has 3 aromatic rings. The molecule has 1 aliphatic heterocycles. The topological polar surface area (TPSA) is 245 Å². The van der Waals surface area contributed by atoms with E-state index in [2.05, 4.69) is 26.0 Å². The lowest BCUT2D eigenvalue weighted by molar-refractivity contribution is -0.148. The number of thiazole rings is 1. The maximum atomic E-state index is 14.3. The van der Waals surface area contributed by atoms with Crippen molar-refractivity contribution in [2.75, 3.05) is 42.9 Å². The van der Waals surface area contributed by atoms with E-state index in [9.17, 15) is 33.6 Å². The molecule has 22 heteroatoms. The van der Waals surface area contributed by atoms with E-state index in [1.54, 1.807) is 92.9 Å². The first kappa shape index (κ1) is 56.0. The number of pyridine rings is 1. The number of aromatic nitrogens is 3. The number of hydrogen-bond acceptors (Lipinski definition) is 15. The summed E-state index contributed by atoms with van der Waals surface area (Å²) in [4.78, 5) is 110. The number of nitrogens with one attached hydrogen (secondary N) is 3. The number of esters is 1. The van der Waals surface area contributed by atoms with Crippen LogP contribution in [0.3, 0.4) is 0 Å². The summed E-state index contributed by atoms with van der Waals surface area (Å²) < 4.78 is 22.9. The summed E-state index contributed by atoms with van der Waals surface area (Å²) in [6.45, 7) is 27.1. The molecule has 70 heavy (non-hydrogen) atoms. The van der Waals surface area contributed by atoms with Crippen LogP contribution < -0.4 is 26.5 Å². The Balaban J connectivity index is 1.61. The zero-order valence-corrected chi connectivity index (χ0v) is 43.9. The fraction of sp³-hybridized carbons (Fsp3) is 0.583. The molecule has 0 saturated carbocycles. The number of anilines is 2. The Morgan fingerprint density at radius 2 is 1.41 bits per heavy atom. The van der Waals surface area contributed by atoms with E-state index in [1.807, 2.05) is 26.2 Å². The van der Waals surface area contributed by atoms with Gasteiger partial charge in [-0.25, -0.2) is 34.6 Å². The fourth-order valence-electron chi connectivity index (χ4n) is 6.50. The van der Waals surface area contributed by atoms with E-state index >= 15 is 0 Å². The molecule has 3 aromatic heterocycles. The van der Waals surface area contributed by atoms with Crippen LogP contribution in [-0.4, -0.2) is 128 Å². The predicted molar refractivity (Wildman–Crippen MR) is 267 cm³/mol. The Morgan fingerprint density at radius 1 is 0.814 bits per heavy atom. The lowest BCUT2D eigenvalue weighted by atomic mass is 9.93. The van der Waals surface area contributed by atoms with Gasteiger partial charge in [-0.2, -0.15) is 4.99 Å². The molecule has 1 saturated heterocycles. The van der Waals surface area contributed by atoms with Crippen molar-refractivity contribution in [1.29, 1.82) is 0 Å². The van der Waals surface area contributed by atoms with Crippen LogP contribution >= 0.6 is 11.3 Å². The predicted octanol–water partition coefficient (Wildman–Crippen LogP) is 7.08. The van der Waals surface area contributed by atoms with Gasteiger partial charge < -0.3 is 34.1 Å². The second-order valence-corrected chi connectivity index (χ2v) is 22.5. The van der Waals surface area contributed by atoms with Crippen LogP contribution in [0.2, 0.25) is 0 Å². The van der Waals surface area contributed by atoms with Crippen LogP contribution in [0.4, 0.5) is 25.3 Å². The molecule has 21 nitrogen and oxygen atoms in total. The van der Waals surface area contributed by atoms with Gasteiger partial charge in [0.25, 0.3) is 11.5 Å². The normalized spacial score (nSPS) is 14.3. The first-order chi connectivity index (χ1) is 32.2. The second-order valence-electron chi connectivity index (χ2n) is 21.6. The summed E-state index contributed by atoms with van der Waals surface area (Å²) in [6.07, 6.45) is 2.72. The maximum Gasteiger partial charge on any atom is 0.435 e. The third kappa shape index (κ3) is 18.1. The molecule has 4 rings (SSSR count). The largest absolute Gasteiger partial charge is 0.457 e. The number of carbonyl (C=O) groups is 6. The summed E-state index contributed by atoms with van der Waals surface area (Å²) in [6, 6.07) is 1.88. The molecule has 1 aliphatic rings. The summed E-state index contributed by atoms with van der Waals surface area (Å²) >= 11 is 1.30. The summed E-state index contributed by atoms with van der Waals surface area (Å²) in [5.74, 6) is -1.35. The van der Waals surface area contributed by atoms with Crippen LogP contribution in [0.15, 0.2) is 39.6 Å². The SMILES string of the molecule is CC(C)(C)OC(=O)/C=C/c1c(N2CCN(C(=O)C(CCCN(C=NC(=O)OC(C)(C)C)NC(=O)OC(C)(C)C)NC(=O)OC(C)(C)C)CC2)nc2cc(C(=O)Nc3nc(C(C)(C)C)cs3)ccn2c1=O. The molecular formula is C48H70N10O11S. The molecule has 0 aliphatic carbocycles. The van der Waals surface area contributed by atoms with E-state index in [4.69, 9.17) is 23.9 Å². The number of hydrogen-bond donors (Lipinski definition) is 3. The van der Waals surface area contributed by atoms with Gasteiger partial charge in [-0.3, -0.25) is 29.1 Å². The number of nitrogens with zero attached hydrogens (tertiary/aromatic N) is 7. The van der Waals surface area contributed by atoms with Crippen LogP contribution in [-0.2, 0) is 34.0 Å². The molecule has 1 atom stereocenters. The third-order valence-corrected chi connectivity index (χ3v) is 10.3. The Morgan fingerprint density at radius 3 is 1.99 bits per heavy atom. The lowest BCUT2D eigenvalue weighted by Crippen LogP contribution is -2.56. The number of carbonyl (C=O) groups excluding carboxylic acids is 6. The van der Waals surface area contributed by atoms with Crippen LogP contribution in [0.25, 0.3) is 11.7 Å². The smallest absolute Gasteiger partial charge is 0.435 e. The highest BCUT2D eigenvalue weighted by Crippen LogP contribution is 2.27. The highest BCUT2D eigenvalue weighted by Gasteiger charge is 2.32. The number of rotatable bonds is 13. The molecule has 1 unspecified atom stereocenters. The van der Waals surface area contributed by atoms with Crippen molar-refractivity contribution in [3.63, 3.8) is 0 Å². The van der Waals surface area contributed by atoms with Gasteiger partial charge >= 0.3 is 24.2 Å². The van der Waals surface area contributed by atoms with Crippen molar-refractivity contribution in [2.45, 2.75) is 151 Å². The molecule has 0 aromatic carbocycles. The number of fused-ring (bicyclic) bond motifs is 1. The number of amides is 5. The monoisotopic (exact) mass is 994 g/mol. The Bertz CT molecular complexity index is 2510. The molecule has 0 radical (unpaired) electrons. The average molecular weight is 995 g/mol. The summed E-state index contributed by atoms with van der Waals surface area (Å²) in [5, 5.41) is 9.06. The van der Waals surface area contributed by atoms with Gasteiger partial charge in [-0.1, -0.05) is 20.8 Å². The summed E-state index contributed by atoms with van der Waals surface area (Å²) in [7, 11) is 0. The van der Waals surface area contributed by atoms with Gasteiger partial charge in [-0.15, -0.1) is 11.3 Å². The number of piperazine rings is 1. The quantitative estimate of drug-likeness (QED) is 0.0387. The number of aliphatic imine (C=N–C) groups is 1. The molecule has 5 amide bonds. The Labute approximate surface area is 413 Å². The number of hydrazine groups is 1.